The predicted molar refractivity (Wildman–Crippen MR) is 64.9 cm³/mol. The number of hydrogen-bond acceptors (Lipinski definition) is 5. The van der Waals surface area contributed by atoms with Crippen molar-refractivity contribution in [1.29, 1.82) is 0 Å². The summed E-state index contributed by atoms with van der Waals surface area (Å²) in [6, 6.07) is 0.148. The molecule has 0 aromatic carbocycles. The van der Waals surface area contributed by atoms with Crippen LogP contribution in [0.2, 0.25) is 0 Å². The quantitative estimate of drug-likeness (QED) is 0.814. The maximum absolute atomic E-state index is 11.7. The fourth-order valence-electron chi connectivity index (χ4n) is 1.37. The van der Waals surface area contributed by atoms with Crippen LogP contribution in [0.1, 0.15) is 45.4 Å². The van der Waals surface area contributed by atoms with E-state index in [1.165, 1.54) is 11.8 Å². The lowest BCUT2D eigenvalue weighted by atomic mass is 10.3. The average Bonchev–Trinajstić information content (AvgIpc) is 2.99. The summed E-state index contributed by atoms with van der Waals surface area (Å²) in [5.74, 6) is 1.16. The number of nitrogens with zero attached hydrogens (tertiary/aromatic N) is 2. The highest BCUT2D eigenvalue weighted by Gasteiger charge is 2.30. The van der Waals surface area contributed by atoms with Crippen molar-refractivity contribution < 1.29 is 9.21 Å². The number of nitrogens with one attached hydrogen (secondary N) is 1. The second-order valence-corrected chi connectivity index (χ2v) is 5.90. The van der Waals surface area contributed by atoms with Gasteiger partial charge in [0.05, 0.1) is 5.25 Å². The van der Waals surface area contributed by atoms with Gasteiger partial charge in [0, 0.05) is 12.0 Å². The van der Waals surface area contributed by atoms with Crippen molar-refractivity contribution in [3.05, 3.63) is 5.89 Å². The van der Waals surface area contributed by atoms with Crippen LogP contribution >= 0.6 is 11.8 Å². The van der Waals surface area contributed by atoms with E-state index >= 15 is 0 Å². The molecule has 5 nitrogen and oxygen atoms in total. The molecule has 94 valence electrons. The molecule has 0 aliphatic heterocycles. The number of thioether (sulfide) groups is 1. The van der Waals surface area contributed by atoms with Gasteiger partial charge in [0.2, 0.25) is 11.8 Å². The molecule has 0 saturated heterocycles. The molecule has 17 heavy (non-hydrogen) atoms. The Morgan fingerprint density at radius 1 is 1.41 bits per heavy atom. The SMILES string of the molecule is CC(C)NC(=O)[C@H](C)Sc1nnc(C2CC2)o1. The number of carbonyl (C=O) groups is 1. The van der Waals surface area contributed by atoms with Crippen LogP contribution in [0.5, 0.6) is 0 Å². The molecule has 1 aliphatic carbocycles. The Morgan fingerprint density at radius 3 is 2.71 bits per heavy atom. The maximum Gasteiger partial charge on any atom is 0.277 e. The van der Waals surface area contributed by atoms with Crippen LogP contribution < -0.4 is 5.32 Å². The van der Waals surface area contributed by atoms with Gasteiger partial charge in [-0.1, -0.05) is 11.8 Å². The second-order valence-electron chi connectivity index (χ2n) is 4.60. The molecule has 1 amide bonds. The van der Waals surface area contributed by atoms with Crippen LogP contribution in [-0.2, 0) is 4.79 Å². The zero-order valence-electron chi connectivity index (χ0n) is 10.3. The van der Waals surface area contributed by atoms with Crippen LogP contribution in [0.25, 0.3) is 0 Å². The number of aromatic nitrogens is 2. The first-order valence-corrected chi connectivity index (χ1v) is 6.74. The third kappa shape index (κ3) is 3.46. The highest BCUT2D eigenvalue weighted by Crippen LogP contribution is 2.40. The summed E-state index contributed by atoms with van der Waals surface area (Å²) >= 11 is 1.31. The van der Waals surface area contributed by atoms with E-state index in [1.54, 1.807) is 0 Å². The summed E-state index contributed by atoms with van der Waals surface area (Å²) in [6.07, 6.45) is 2.27. The average molecular weight is 255 g/mol. The molecule has 1 saturated carbocycles. The first-order valence-electron chi connectivity index (χ1n) is 5.86. The summed E-state index contributed by atoms with van der Waals surface area (Å²) in [4.78, 5) is 11.7. The highest BCUT2D eigenvalue weighted by molar-refractivity contribution is 8.00. The van der Waals surface area contributed by atoms with Crippen molar-refractivity contribution in [3.8, 4) is 0 Å². The second kappa shape index (κ2) is 5.08. The van der Waals surface area contributed by atoms with Gasteiger partial charge in [-0.3, -0.25) is 4.79 Å². The Labute approximate surface area is 105 Å². The minimum atomic E-state index is -0.218. The first kappa shape index (κ1) is 12.4. The van der Waals surface area contributed by atoms with E-state index in [9.17, 15) is 4.79 Å². The van der Waals surface area contributed by atoms with Crippen molar-refractivity contribution >= 4 is 17.7 Å². The summed E-state index contributed by atoms with van der Waals surface area (Å²) in [7, 11) is 0. The molecule has 6 heteroatoms. The Morgan fingerprint density at radius 2 is 2.12 bits per heavy atom. The molecule has 2 rings (SSSR count). The normalized spacial score (nSPS) is 17.2. The molecule has 1 aromatic heterocycles. The van der Waals surface area contributed by atoms with Gasteiger partial charge in [-0.2, -0.15) is 0 Å². The number of carbonyl (C=O) groups excluding carboxylic acids is 1. The van der Waals surface area contributed by atoms with E-state index in [1.807, 2.05) is 20.8 Å². The number of hydrogen-bond donors (Lipinski definition) is 1. The van der Waals surface area contributed by atoms with E-state index in [0.29, 0.717) is 17.0 Å². The molecule has 0 bridgehead atoms. The van der Waals surface area contributed by atoms with Crippen molar-refractivity contribution in [2.75, 3.05) is 0 Å². The molecule has 0 unspecified atom stereocenters. The third-order valence-corrected chi connectivity index (χ3v) is 3.36. The first-order chi connectivity index (χ1) is 8.06. The van der Waals surface area contributed by atoms with Gasteiger partial charge in [0.15, 0.2) is 0 Å². The van der Waals surface area contributed by atoms with Crippen LogP contribution in [0, 0.1) is 0 Å². The molecule has 1 heterocycles. The van der Waals surface area contributed by atoms with E-state index < -0.39 is 0 Å². The standard InChI is InChI=1S/C11H17N3O2S/c1-6(2)12-9(15)7(3)17-11-14-13-10(16-11)8-4-5-8/h6-8H,4-5H2,1-3H3,(H,12,15)/t7-/m0/s1. The third-order valence-electron chi connectivity index (χ3n) is 2.43. The van der Waals surface area contributed by atoms with Crippen molar-refractivity contribution in [2.45, 2.75) is 56.0 Å². The monoisotopic (exact) mass is 255 g/mol. The lowest BCUT2D eigenvalue weighted by Gasteiger charge is -2.12. The molecule has 1 fully saturated rings. The lowest BCUT2D eigenvalue weighted by molar-refractivity contribution is -0.120. The summed E-state index contributed by atoms with van der Waals surface area (Å²) < 4.78 is 5.49. The number of rotatable bonds is 5. The summed E-state index contributed by atoms with van der Waals surface area (Å²) in [6.45, 7) is 5.71. The van der Waals surface area contributed by atoms with Gasteiger partial charge in [-0.25, -0.2) is 0 Å². The lowest BCUT2D eigenvalue weighted by Crippen LogP contribution is -2.35. The zero-order valence-corrected chi connectivity index (χ0v) is 11.1. The summed E-state index contributed by atoms with van der Waals surface area (Å²) in [5, 5.41) is 11.0. The molecule has 1 aliphatic rings. The minimum absolute atomic E-state index is 0.00354. The van der Waals surface area contributed by atoms with Gasteiger partial charge in [0.25, 0.3) is 5.22 Å². The van der Waals surface area contributed by atoms with Gasteiger partial charge >= 0.3 is 0 Å². The molecule has 0 spiro atoms. The Kier molecular flexibility index (Phi) is 3.71. The molecular formula is C11H17N3O2S. The fraction of sp³-hybridized carbons (Fsp3) is 0.727. The molecule has 1 aromatic rings. The highest BCUT2D eigenvalue weighted by atomic mass is 32.2. The number of amides is 1. The van der Waals surface area contributed by atoms with Crippen LogP contribution in [-0.4, -0.2) is 27.4 Å². The van der Waals surface area contributed by atoms with Crippen LogP contribution in [0.15, 0.2) is 9.64 Å². The van der Waals surface area contributed by atoms with E-state index in [2.05, 4.69) is 15.5 Å². The van der Waals surface area contributed by atoms with Crippen molar-refractivity contribution in [2.24, 2.45) is 0 Å². The predicted octanol–water partition coefficient (Wildman–Crippen LogP) is 1.95. The van der Waals surface area contributed by atoms with Gasteiger partial charge in [-0.15, -0.1) is 10.2 Å². The van der Waals surface area contributed by atoms with Gasteiger partial charge in [0.1, 0.15) is 0 Å². The van der Waals surface area contributed by atoms with Crippen molar-refractivity contribution in [3.63, 3.8) is 0 Å². The Balaban J connectivity index is 1.88. The summed E-state index contributed by atoms with van der Waals surface area (Å²) in [5.41, 5.74) is 0. The van der Waals surface area contributed by atoms with E-state index in [-0.39, 0.29) is 17.2 Å². The van der Waals surface area contributed by atoms with Crippen LogP contribution in [0.3, 0.4) is 0 Å². The molecule has 1 atom stereocenters. The minimum Gasteiger partial charge on any atom is -0.416 e. The molecule has 1 N–H and O–H groups in total. The fourth-order valence-corrected chi connectivity index (χ4v) is 2.07. The zero-order chi connectivity index (χ0) is 12.4. The van der Waals surface area contributed by atoms with Gasteiger partial charge in [-0.05, 0) is 33.6 Å². The molecular weight excluding hydrogens is 238 g/mol. The van der Waals surface area contributed by atoms with Crippen LogP contribution in [0.4, 0.5) is 0 Å². The topological polar surface area (TPSA) is 68.0 Å². The Hall–Kier alpha value is -1.04. The largest absolute Gasteiger partial charge is 0.416 e. The maximum atomic E-state index is 11.7. The molecule has 0 radical (unpaired) electrons. The Bertz CT molecular complexity index is 401. The van der Waals surface area contributed by atoms with E-state index in [0.717, 1.165) is 12.8 Å². The van der Waals surface area contributed by atoms with E-state index in [4.69, 9.17) is 4.42 Å². The smallest absolute Gasteiger partial charge is 0.277 e. The van der Waals surface area contributed by atoms with Gasteiger partial charge < -0.3 is 9.73 Å². The van der Waals surface area contributed by atoms with Crippen molar-refractivity contribution in [1.82, 2.24) is 15.5 Å².